The van der Waals surface area contributed by atoms with Gasteiger partial charge >= 0.3 is 0 Å². The van der Waals surface area contributed by atoms with Crippen LogP contribution in [0, 0.1) is 6.92 Å². The number of halogens is 2. The molecule has 1 aromatic carbocycles. The van der Waals surface area contributed by atoms with E-state index in [1.54, 1.807) is 0 Å². The number of hydrogen-bond donors (Lipinski definition) is 0. The van der Waals surface area contributed by atoms with Crippen LogP contribution >= 0.6 is 31.9 Å². The normalized spacial score (nSPS) is 12.4. The number of benzene rings is 1. The Morgan fingerprint density at radius 1 is 1.28 bits per heavy atom. The summed E-state index contributed by atoms with van der Waals surface area (Å²) in [5.41, 5.74) is 1.12. The maximum Gasteiger partial charge on any atom is 0.122 e. The van der Waals surface area contributed by atoms with Crippen LogP contribution in [0.3, 0.4) is 0 Å². The lowest BCUT2D eigenvalue weighted by Crippen LogP contribution is -1.95. The quantitative estimate of drug-likeness (QED) is 0.684. The second-order valence-electron chi connectivity index (χ2n) is 3.93. The van der Waals surface area contributed by atoms with Crippen molar-refractivity contribution in [1.29, 1.82) is 0 Å². The monoisotopic (exact) mass is 372 g/mol. The lowest BCUT2D eigenvalue weighted by molar-refractivity contribution is 0.340. The van der Waals surface area contributed by atoms with E-state index in [4.69, 9.17) is 9.15 Å². The van der Waals surface area contributed by atoms with Crippen molar-refractivity contribution in [3.63, 3.8) is 0 Å². The molecule has 0 bridgehead atoms. The first-order chi connectivity index (χ1) is 8.61. The standard InChI is InChI=1S/C14H14Br2O2/c1-3-17-10-5-6-11(12(15)8-10)14(16)13-7-4-9(2)18-13/h4-8,14H,3H2,1-2H3. The van der Waals surface area contributed by atoms with Crippen molar-refractivity contribution in [2.75, 3.05) is 6.61 Å². The fourth-order valence-corrected chi connectivity index (χ4v) is 3.25. The Hall–Kier alpha value is -0.740. The minimum atomic E-state index is 0.0382. The molecule has 2 nitrogen and oxygen atoms in total. The van der Waals surface area contributed by atoms with Gasteiger partial charge in [-0.1, -0.05) is 37.9 Å². The van der Waals surface area contributed by atoms with Gasteiger partial charge in [-0.2, -0.15) is 0 Å². The van der Waals surface area contributed by atoms with Gasteiger partial charge in [0.1, 0.15) is 17.3 Å². The minimum Gasteiger partial charge on any atom is -0.494 e. The molecule has 1 aromatic heterocycles. The Morgan fingerprint density at radius 3 is 2.61 bits per heavy atom. The van der Waals surface area contributed by atoms with Crippen LogP contribution in [0.5, 0.6) is 5.75 Å². The number of aryl methyl sites for hydroxylation is 1. The van der Waals surface area contributed by atoms with Gasteiger partial charge in [0, 0.05) is 4.47 Å². The number of hydrogen-bond acceptors (Lipinski definition) is 2. The highest BCUT2D eigenvalue weighted by Gasteiger charge is 2.17. The molecule has 2 aromatic rings. The van der Waals surface area contributed by atoms with Gasteiger partial charge in [-0.05, 0) is 43.7 Å². The zero-order chi connectivity index (χ0) is 13.1. The molecule has 4 heteroatoms. The van der Waals surface area contributed by atoms with Crippen LogP contribution in [0.4, 0.5) is 0 Å². The lowest BCUT2D eigenvalue weighted by atomic mass is 10.1. The average molecular weight is 374 g/mol. The van der Waals surface area contributed by atoms with E-state index in [9.17, 15) is 0 Å². The maximum atomic E-state index is 5.63. The van der Waals surface area contributed by atoms with Gasteiger partial charge in [0.15, 0.2) is 0 Å². The van der Waals surface area contributed by atoms with Gasteiger partial charge in [-0.15, -0.1) is 0 Å². The van der Waals surface area contributed by atoms with Gasteiger partial charge in [0.2, 0.25) is 0 Å². The molecule has 0 amide bonds. The molecule has 0 aliphatic rings. The van der Waals surface area contributed by atoms with Crippen molar-refractivity contribution in [2.45, 2.75) is 18.7 Å². The molecular formula is C14H14Br2O2. The first-order valence-corrected chi connectivity index (χ1v) is 7.45. The summed E-state index contributed by atoms with van der Waals surface area (Å²) in [6.07, 6.45) is 0. The van der Waals surface area contributed by atoms with Gasteiger partial charge in [0.25, 0.3) is 0 Å². The zero-order valence-electron chi connectivity index (χ0n) is 10.2. The molecule has 1 unspecified atom stereocenters. The van der Waals surface area contributed by atoms with Crippen LogP contribution < -0.4 is 4.74 Å². The molecule has 0 saturated carbocycles. The Balaban J connectivity index is 2.28. The fourth-order valence-electron chi connectivity index (χ4n) is 1.71. The van der Waals surface area contributed by atoms with E-state index in [1.165, 1.54) is 0 Å². The maximum absolute atomic E-state index is 5.63. The highest BCUT2D eigenvalue weighted by molar-refractivity contribution is 9.11. The van der Waals surface area contributed by atoms with Crippen LogP contribution in [0.1, 0.15) is 28.8 Å². The van der Waals surface area contributed by atoms with E-state index < -0.39 is 0 Å². The van der Waals surface area contributed by atoms with E-state index in [0.717, 1.165) is 27.3 Å². The topological polar surface area (TPSA) is 22.4 Å². The van der Waals surface area contributed by atoms with Crippen LogP contribution in [0.15, 0.2) is 39.2 Å². The van der Waals surface area contributed by atoms with Crippen molar-refractivity contribution in [2.24, 2.45) is 0 Å². The minimum absolute atomic E-state index is 0.0382. The van der Waals surface area contributed by atoms with E-state index >= 15 is 0 Å². The zero-order valence-corrected chi connectivity index (χ0v) is 13.4. The second-order valence-corrected chi connectivity index (χ2v) is 5.70. The Kier molecular flexibility index (Phi) is 4.51. The highest BCUT2D eigenvalue weighted by Crippen LogP contribution is 2.37. The summed E-state index contributed by atoms with van der Waals surface area (Å²) in [4.78, 5) is 0.0382. The summed E-state index contributed by atoms with van der Waals surface area (Å²) in [7, 11) is 0. The molecule has 0 fully saturated rings. The van der Waals surface area contributed by atoms with Crippen molar-refractivity contribution in [1.82, 2.24) is 0 Å². The molecule has 0 N–H and O–H groups in total. The highest BCUT2D eigenvalue weighted by atomic mass is 79.9. The molecule has 2 rings (SSSR count). The molecule has 0 radical (unpaired) electrons. The third-order valence-corrected chi connectivity index (χ3v) is 4.20. The van der Waals surface area contributed by atoms with Crippen LogP contribution in [0.25, 0.3) is 0 Å². The van der Waals surface area contributed by atoms with Gasteiger partial charge in [-0.25, -0.2) is 0 Å². The summed E-state index contributed by atoms with van der Waals surface area (Å²) >= 11 is 7.23. The first kappa shape index (κ1) is 13.7. The van der Waals surface area contributed by atoms with Gasteiger partial charge in [0.05, 0.1) is 11.4 Å². The number of rotatable bonds is 4. The predicted molar refractivity (Wildman–Crippen MR) is 79.5 cm³/mol. The smallest absolute Gasteiger partial charge is 0.122 e. The van der Waals surface area contributed by atoms with Gasteiger partial charge in [-0.3, -0.25) is 0 Å². The molecular weight excluding hydrogens is 360 g/mol. The summed E-state index contributed by atoms with van der Waals surface area (Å²) in [6.45, 7) is 4.58. The summed E-state index contributed by atoms with van der Waals surface area (Å²) in [5.74, 6) is 2.68. The third-order valence-electron chi connectivity index (χ3n) is 2.57. The Labute approximate surface area is 124 Å². The van der Waals surface area contributed by atoms with E-state index in [2.05, 4.69) is 31.9 Å². The van der Waals surface area contributed by atoms with E-state index in [0.29, 0.717) is 6.61 Å². The Morgan fingerprint density at radius 2 is 2.06 bits per heavy atom. The van der Waals surface area contributed by atoms with Crippen LogP contribution in [-0.2, 0) is 0 Å². The third kappa shape index (κ3) is 2.98. The second kappa shape index (κ2) is 5.93. The lowest BCUT2D eigenvalue weighted by Gasteiger charge is -2.11. The Bertz CT molecular complexity index is 534. The number of ether oxygens (including phenoxy) is 1. The molecule has 96 valence electrons. The number of furan rings is 1. The molecule has 1 atom stereocenters. The predicted octanol–water partition coefficient (Wildman–Crippen LogP) is 5.23. The molecule has 0 aliphatic heterocycles. The fraction of sp³-hybridized carbons (Fsp3) is 0.286. The molecule has 0 aliphatic carbocycles. The molecule has 0 saturated heterocycles. The summed E-state index contributed by atoms with van der Waals surface area (Å²) < 4.78 is 12.1. The number of alkyl halides is 1. The van der Waals surface area contributed by atoms with E-state index in [-0.39, 0.29) is 4.83 Å². The summed E-state index contributed by atoms with van der Waals surface area (Å²) in [6, 6.07) is 9.92. The van der Waals surface area contributed by atoms with Gasteiger partial charge < -0.3 is 9.15 Å². The first-order valence-electron chi connectivity index (χ1n) is 5.74. The van der Waals surface area contributed by atoms with Crippen molar-refractivity contribution >= 4 is 31.9 Å². The molecule has 1 heterocycles. The van der Waals surface area contributed by atoms with Crippen molar-refractivity contribution in [3.8, 4) is 5.75 Å². The SMILES string of the molecule is CCOc1ccc(C(Br)c2ccc(C)o2)c(Br)c1. The van der Waals surface area contributed by atoms with Crippen LogP contribution in [-0.4, -0.2) is 6.61 Å². The van der Waals surface area contributed by atoms with E-state index in [1.807, 2.05) is 44.2 Å². The largest absolute Gasteiger partial charge is 0.494 e. The molecule has 18 heavy (non-hydrogen) atoms. The molecule has 0 spiro atoms. The summed E-state index contributed by atoms with van der Waals surface area (Å²) in [5, 5.41) is 0. The average Bonchev–Trinajstić information content (AvgIpc) is 2.76. The van der Waals surface area contributed by atoms with Crippen molar-refractivity contribution < 1.29 is 9.15 Å². The van der Waals surface area contributed by atoms with Crippen LogP contribution in [0.2, 0.25) is 0 Å². The van der Waals surface area contributed by atoms with Crippen molar-refractivity contribution in [3.05, 3.63) is 51.9 Å².